The molecule has 0 aliphatic carbocycles. The van der Waals surface area contributed by atoms with Crippen molar-refractivity contribution < 1.29 is 0 Å². The van der Waals surface area contributed by atoms with Crippen molar-refractivity contribution in [2.24, 2.45) is 0 Å². The molecule has 3 rings (SSSR count). The Labute approximate surface area is 119 Å². The van der Waals surface area contributed by atoms with Crippen LogP contribution in [0.3, 0.4) is 0 Å². The monoisotopic (exact) mass is 277 g/mol. The fourth-order valence-corrected chi connectivity index (χ4v) is 2.99. The fourth-order valence-electron chi connectivity index (χ4n) is 2.99. The number of anilines is 3. The van der Waals surface area contributed by atoms with Gasteiger partial charge in [-0.05, 0) is 26.8 Å². The lowest BCUT2D eigenvalue weighted by Gasteiger charge is -2.38. The summed E-state index contributed by atoms with van der Waals surface area (Å²) in [4.78, 5) is 20.0. The lowest BCUT2D eigenvalue weighted by atomic mass is 10.2. The van der Waals surface area contributed by atoms with E-state index in [1.54, 1.807) is 0 Å². The van der Waals surface area contributed by atoms with Crippen molar-refractivity contribution in [1.29, 1.82) is 0 Å². The molecular formula is C13H23N7. The Bertz CT molecular complexity index is 472. The third-order valence-corrected chi connectivity index (χ3v) is 4.11. The lowest BCUT2D eigenvalue weighted by Crippen LogP contribution is -2.51. The summed E-state index contributed by atoms with van der Waals surface area (Å²) in [5.74, 6) is 1.78. The van der Waals surface area contributed by atoms with Gasteiger partial charge in [-0.2, -0.15) is 15.0 Å². The summed E-state index contributed by atoms with van der Waals surface area (Å²) >= 11 is 0. The maximum Gasteiger partial charge on any atom is 0.232 e. The van der Waals surface area contributed by atoms with E-state index in [4.69, 9.17) is 5.73 Å². The van der Waals surface area contributed by atoms with Gasteiger partial charge < -0.3 is 20.4 Å². The zero-order valence-corrected chi connectivity index (χ0v) is 12.3. The van der Waals surface area contributed by atoms with Gasteiger partial charge in [0.1, 0.15) is 0 Å². The summed E-state index contributed by atoms with van der Waals surface area (Å²) in [6.07, 6.45) is 2.40. The number of aromatic nitrogens is 3. The molecule has 2 N–H and O–H groups in total. The van der Waals surface area contributed by atoms with E-state index in [1.807, 2.05) is 0 Å². The van der Waals surface area contributed by atoms with Crippen molar-refractivity contribution in [1.82, 2.24) is 19.9 Å². The van der Waals surface area contributed by atoms with Crippen LogP contribution in [-0.4, -0.2) is 65.7 Å². The van der Waals surface area contributed by atoms with E-state index in [0.717, 1.165) is 44.6 Å². The molecule has 2 fully saturated rings. The van der Waals surface area contributed by atoms with Crippen LogP contribution in [0, 0.1) is 0 Å². The van der Waals surface area contributed by atoms with Crippen LogP contribution in [0.4, 0.5) is 17.8 Å². The van der Waals surface area contributed by atoms with Crippen LogP contribution in [0.5, 0.6) is 0 Å². The number of hydrogen-bond acceptors (Lipinski definition) is 7. The Balaban J connectivity index is 1.85. The van der Waals surface area contributed by atoms with Gasteiger partial charge in [0, 0.05) is 38.8 Å². The molecule has 7 nitrogen and oxygen atoms in total. The molecule has 1 atom stereocenters. The Hall–Kier alpha value is -1.63. The van der Waals surface area contributed by atoms with Crippen LogP contribution >= 0.6 is 0 Å². The lowest BCUT2D eigenvalue weighted by molar-refractivity contribution is 0.273. The molecule has 7 heteroatoms. The molecule has 0 aromatic carbocycles. The molecule has 1 aromatic heterocycles. The largest absolute Gasteiger partial charge is 0.368 e. The second kappa shape index (κ2) is 5.40. The minimum absolute atomic E-state index is 0.322. The number of piperazine rings is 1. The van der Waals surface area contributed by atoms with Gasteiger partial charge in [-0.3, -0.25) is 0 Å². The molecule has 0 amide bonds. The number of nitrogens with zero attached hydrogens (tertiary/aromatic N) is 6. The van der Waals surface area contributed by atoms with E-state index in [2.05, 4.69) is 43.6 Å². The summed E-state index contributed by atoms with van der Waals surface area (Å²) in [7, 11) is 2.14. The maximum atomic E-state index is 5.88. The molecule has 2 aliphatic rings. The predicted molar refractivity (Wildman–Crippen MR) is 80.0 cm³/mol. The molecule has 0 radical (unpaired) electrons. The van der Waals surface area contributed by atoms with E-state index < -0.39 is 0 Å². The van der Waals surface area contributed by atoms with Crippen LogP contribution in [0.15, 0.2) is 0 Å². The summed E-state index contributed by atoms with van der Waals surface area (Å²) < 4.78 is 0. The van der Waals surface area contributed by atoms with Crippen molar-refractivity contribution in [2.75, 3.05) is 55.3 Å². The third kappa shape index (κ3) is 2.63. The highest BCUT2D eigenvalue weighted by Crippen LogP contribution is 2.21. The van der Waals surface area contributed by atoms with Gasteiger partial charge >= 0.3 is 0 Å². The molecule has 0 bridgehead atoms. The normalized spacial score (nSPS) is 24.4. The topological polar surface area (TPSA) is 74.4 Å². The van der Waals surface area contributed by atoms with Crippen molar-refractivity contribution in [3.63, 3.8) is 0 Å². The van der Waals surface area contributed by atoms with Gasteiger partial charge in [-0.15, -0.1) is 0 Å². The van der Waals surface area contributed by atoms with Crippen molar-refractivity contribution in [3.05, 3.63) is 0 Å². The number of nitrogen functional groups attached to an aromatic ring is 1. The Morgan fingerprint density at radius 3 is 2.40 bits per heavy atom. The van der Waals surface area contributed by atoms with Crippen molar-refractivity contribution >= 4 is 17.8 Å². The zero-order chi connectivity index (χ0) is 14.1. The third-order valence-electron chi connectivity index (χ3n) is 4.11. The van der Waals surface area contributed by atoms with Gasteiger partial charge in [-0.25, -0.2) is 0 Å². The van der Waals surface area contributed by atoms with Crippen LogP contribution in [-0.2, 0) is 0 Å². The maximum absolute atomic E-state index is 5.88. The van der Waals surface area contributed by atoms with E-state index >= 15 is 0 Å². The van der Waals surface area contributed by atoms with Crippen LogP contribution in [0.2, 0.25) is 0 Å². The summed E-state index contributed by atoms with van der Waals surface area (Å²) in [6.45, 7) is 7.20. The minimum Gasteiger partial charge on any atom is -0.368 e. The van der Waals surface area contributed by atoms with Crippen molar-refractivity contribution in [3.8, 4) is 0 Å². The summed E-state index contributed by atoms with van der Waals surface area (Å²) in [6, 6.07) is 0.391. The highest BCUT2D eigenvalue weighted by molar-refractivity contribution is 5.45. The molecule has 1 aromatic rings. The summed E-state index contributed by atoms with van der Waals surface area (Å²) in [5.41, 5.74) is 5.88. The number of nitrogens with two attached hydrogens (primary N) is 1. The first-order valence-electron chi connectivity index (χ1n) is 7.35. The molecule has 20 heavy (non-hydrogen) atoms. The zero-order valence-electron chi connectivity index (χ0n) is 12.3. The second-order valence-corrected chi connectivity index (χ2v) is 5.79. The molecule has 1 unspecified atom stereocenters. The van der Waals surface area contributed by atoms with Gasteiger partial charge in [-0.1, -0.05) is 0 Å². The van der Waals surface area contributed by atoms with Crippen LogP contribution in [0.1, 0.15) is 19.8 Å². The Kier molecular flexibility index (Phi) is 3.60. The first-order valence-corrected chi connectivity index (χ1v) is 7.35. The first-order chi connectivity index (χ1) is 9.63. The van der Waals surface area contributed by atoms with E-state index in [-0.39, 0.29) is 0 Å². The molecule has 110 valence electrons. The van der Waals surface area contributed by atoms with Crippen LogP contribution < -0.4 is 15.5 Å². The quantitative estimate of drug-likeness (QED) is 0.827. The Morgan fingerprint density at radius 1 is 1.00 bits per heavy atom. The van der Waals surface area contributed by atoms with Crippen molar-refractivity contribution in [2.45, 2.75) is 25.8 Å². The highest BCUT2D eigenvalue weighted by atomic mass is 15.4. The van der Waals surface area contributed by atoms with Gasteiger partial charge in [0.05, 0.1) is 0 Å². The number of likely N-dealkylation sites (N-methyl/N-ethyl adjacent to an activating group) is 1. The molecule has 2 aliphatic heterocycles. The molecule has 3 heterocycles. The highest BCUT2D eigenvalue weighted by Gasteiger charge is 2.25. The summed E-state index contributed by atoms with van der Waals surface area (Å²) in [5, 5.41) is 0. The van der Waals surface area contributed by atoms with Gasteiger partial charge in [0.15, 0.2) is 0 Å². The number of hydrogen-bond donors (Lipinski definition) is 1. The average Bonchev–Trinajstić information content (AvgIpc) is 2.91. The fraction of sp³-hybridized carbons (Fsp3) is 0.769. The molecular weight excluding hydrogens is 254 g/mol. The van der Waals surface area contributed by atoms with Gasteiger partial charge in [0.25, 0.3) is 0 Å². The van der Waals surface area contributed by atoms with E-state index in [9.17, 15) is 0 Å². The average molecular weight is 277 g/mol. The molecule has 0 saturated carbocycles. The SMILES string of the molecule is CC1CN(C)CCN1c1nc(N)nc(N2CCCC2)n1. The standard InChI is InChI=1S/C13H23N7/c1-10-9-18(2)7-8-20(10)13-16-11(14)15-12(17-13)19-5-3-4-6-19/h10H,3-9H2,1-2H3,(H2,14,15,16,17). The van der Waals surface area contributed by atoms with E-state index in [0.29, 0.717) is 12.0 Å². The predicted octanol–water partition coefficient (Wildman–Crippen LogP) is 0.194. The second-order valence-electron chi connectivity index (χ2n) is 5.79. The molecule has 0 spiro atoms. The minimum atomic E-state index is 0.322. The van der Waals surface area contributed by atoms with Gasteiger partial charge in [0.2, 0.25) is 17.8 Å². The van der Waals surface area contributed by atoms with E-state index in [1.165, 1.54) is 12.8 Å². The smallest absolute Gasteiger partial charge is 0.232 e. The Morgan fingerprint density at radius 2 is 1.70 bits per heavy atom. The molecule has 2 saturated heterocycles. The number of rotatable bonds is 2. The van der Waals surface area contributed by atoms with Crippen LogP contribution in [0.25, 0.3) is 0 Å². The first kappa shape index (κ1) is 13.4.